The molecule has 21 heavy (non-hydrogen) atoms. The summed E-state index contributed by atoms with van der Waals surface area (Å²) in [7, 11) is 0. The van der Waals surface area contributed by atoms with Crippen molar-refractivity contribution in [3.05, 3.63) is 35.6 Å². The highest BCUT2D eigenvalue weighted by atomic mass is 19.4. The Bertz CT molecular complexity index is 436. The van der Waals surface area contributed by atoms with Crippen LogP contribution in [0.2, 0.25) is 0 Å². The van der Waals surface area contributed by atoms with Gasteiger partial charge in [0.1, 0.15) is 5.82 Å². The summed E-state index contributed by atoms with van der Waals surface area (Å²) in [6, 6.07) is 5.81. The smallest absolute Gasteiger partial charge is 0.324 e. The molecule has 2 rings (SSSR count). The van der Waals surface area contributed by atoms with Gasteiger partial charge in [-0.3, -0.25) is 0 Å². The number of hydrogen-bond acceptors (Lipinski definition) is 2. The van der Waals surface area contributed by atoms with Crippen molar-refractivity contribution in [1.29, 1.82) is 0 Å². The molecule has 0 bridgehead atoms. The van der Waals surface area contributed by atoms with Crippen molar-refractivity contribution in [2.75, 3.05) is 19.6 Å². The summed E-state index contributed by atoms with van der Waals surface area (Å²) in [6.07, 6.45) is -3.09. The van der Waals surface area contributed by atoms with E-state index in [4.69, 9.17) is 5.73 Å². The van der Waals surface area contributed by atoms with Gasteiger partial charge in [-0.05, 0) is 56.6 Å². The first-order valence-electron chi connectivity index (χ1n) is 7.16. The third kappa shape index (κ3) is 4.68. The van der Waals surface area contributed by atoms with Gasteiger partial charge in [0.05, 0.1) is 5.92 Å². The second-order valence-electron chi connectivity index (χ2n) is 5.60. The SMILES string of the molecule is NC(CCN1CCC(C(F)(F)F)CC1)c1ccc(F)cc1. The van der Waals surface area contributed by atoms with Crippen molar-refractivity contribution < 1.29 is 17.6 Å². The summed E-state index contributed by atoms with van der Waals surface area (Å²) in [5.41, 5.74) is 6.88. The van der Waals surface area contributed by atoms with Gasteiger partial charge in [0.25, 0.3) is 0 Å². The van der Waals surface area contributed by atoms with Crippen LogP contribution in [-0.4, -0.2) is 30.7 Å². The molecule has 0 radical (unpaired) electrons. The maximum Gasteiger partial charge on any atom is 0.391 e. The third-order valence-electron chi connectivity index (χ3n) is 4.10. The van der Waals surface area contributed by atoms with Crippen LogP contribution in [0.1, 0.15) is 30.9 Å². The van der Waals surface area contributed by atoms with E-state index in [0.29, 0.717) is 26.1 Å². The Labute approximate surface area is 121 Å². The zero-order valence-electron chi connectivity index (χ0n) is 11.7. The molecular formula is C15H20F4N2. The molecule has 118 valence electrons. The van der Waals surface area contributed by atoms with Crippen molar-refractivity contribution in [1.82, 2.24) is 4.90 Å². The second-order valence-corrected chi connectivity index (χ2v) is 5.60. The number of nitrogens with zero attached hydrogens (tertiary/aromatic N) is 1. The quantitative estimate of drug-likeness (QED) is 0.863. The lowest BCUT2D eigenvalue weighted by atomic mass is 9.95. The molecule has 1 aliphatic heterocycles. The Morgan fingerprint density at radius 1 is 1.14 bits per heavy atom. The molecule has 1 atom stereocenters. The van der Waals surface area contributed by atoms with Crippen LogP contribution in [0.4, 0.5) is 17.6 Å². The van der Waals surface area contributed by atoms with Crippen LogP contribution in [0.5, 0.6) is 0 Å². The Balaban J connectivity index is 1.76. The number of benzene rings is 1. The number of halogens is 4. The number of alkyl halides is 3. The maximum atomic E-state index is 12.8. The van der Waals surface area contributed by atoms with E-state index in [9.17, 15) is 17.6 Å². The first kappa shape index (κ1) is 16.2. The van der Waals surface area contributed by atoms with E-state index in [1.54, 1.807) is 12.1 Å². The normalized spacial score (nSPS) is 19.7. The number of likely N-dealkylation sites (tertiary alicyclic amines) is 1. The van der Waals surface area contributed by atoms with E-state index < -0.39 is 12.1 Å². The largest absolute Gasteiger partial charge is 0.391 e. The molecule has 1 heterocycles. The van der Waals surface area contributed by atoms with Crippen molar-refractivity contribution in [2.24, 2.45) is 11.7 Å². The number of hydrogen-bond donors (Lipinski definition) is 1. The number of rotatable bonds is 4. The molecule has 0 spiro atoms. The van der Waals surface area contributed by atoms with Crippen LogP contribution < -0.4 is 5.73 Å². The second kappa shape index (κ2) is 6.75. The number of nitrogens with two attached hydrogens (primary N) is 1. The molecule has 0 aromatic heterocycles. The Morgan fingerprint density at radius 2 is 1.71 bits per heavy atom. The van der Waals surface area contributed by atoms with Crippen LogP contribution >= 0.6 is 0 Å². The molecule has 2 nitrogen and oxygen atoms in total. The van der Waals surface area contributed by atoms with Crippen molar-refractivity contribution in [2.45, 2.75) is 31.5 Å². The van der Waals surface area contributed by atoms with E-state index >= 15 is 0 Å². The lowest BCUT2D eigenvalue weighted by Crippen LogP contribution is -2.39. The van der Waals surface area contributed by atoms with Crippen molar-refractivity contribution in [3.63, 3.8) is 0 Å². The highest BCUT2D eigenvalue weighted by Crippen LogP contribution is 2.34. The van der Waals surface area contributed by atoms with Crippen molar-refractivity contribution >= 4 is 0 Å². The van der Waals surface area contributed by atoms with Gasteiger partial charge >= 0.3 is 6.18 Å². The summed E-state index contributed by atoms with van der Waals surface area (Å²) in [5.74, 6) is -1.47. The summed E-state index contributed by atoms with van der Waals surface area (Å²) in [6.45, 7) is 1.59. The van der Waals surface area contributed by atoms with Crippen LogP contribution in [0, 0.1) is 11.7 Å². The lowest BCUT2D eigenvalue weighted by molar-refractivity contribution is -0.185. The fourth-order valence-electron chi connectivity index (χ4n) is 2.68. The summed E-state index contributed by atoms with van der Waals surface area (Å²) in [5, 5.41) is 0. The molecule has 1 aromatic carbocycles. The number of piperidine rings is 1. The lowest BCUT2D eigenvalue weighted by Gasteiger charge is -2.33. The predicted octanol–water partition coefficient (Wildman–Crippen LogP) is 3.49. The first-order chi connectivity index (χ1) is 9.86. The Hall–Kier alpha value is -1.14. The van der Waals surface area contributed by atoms with Gasteiger partial charge in [-0.1, -0.05) is 12.1 Å². The molecule has 0 saturated carbocycles. The highest BCUT2D eigenvalue weighted by Gasteiger charge is 2.40. The van der Waals surface area contributed by atoms with Gasteiger partial charge in [0.2, 0.25) is 0 Å². The predicted molar refractivity (Wildman–Crippen MR) is 73.2 cm³/mol. The minimum absolute atomic E-state index is 0.162. The van der Waals surface area contributed by atoms with E-state index in [0.717, 1.165) is 5.56 Å². The van der Waals surface area contributed by atoms with Crippen LogP contribution in [-0.2, 0) is 0 Å². The molecule has 2 N–H and O–H groups in total. The molecule has 0 amide bonds. The van der Waals surface area contributed by atoms with Crippen LogP contribution in [0.15, 0.2) is 24.3 Å². The minimum Gasteiger partial charge on any atom is -0.324 e. The molecule has 1 fully saturated rings. The molecular weight excluding hydrogens is 284 g/mol. The monoisotopic (exact) mass is 304 g/mol. The summed E-state index contributed by atoms with van der Waals surface area (Å²) < 4.78 is 50.5. The topological polar surface area (TPSA) is 29.3 Å². The van der Waals surface area contributed by atoms with Gasteiger partial charge < -0.3 is 10.6 Å². The third-order valence-corrected chi connectivity index (χ3v) is 4.10. The summed E-state index contributed by atoms with van der Waals surface area (Å²) >= 11 is 0. The molecule has 0 aliphatic carbocycles. The van der Waals surface area contributed by atoms with E-state index in [1.807, 2.05) is 4.90 Å². The molecule has 1 saturated heterocycles. The van der Waals surface area contributed by atoms with E-state index in [2.05, 4.69) is 0 Å². The molecule has 1 aliphatic rings. The van der Waals surface area contributed by atoms with Gasteiger partial charge in [-0.15, -0.1) is 0 Å². The fraction of sp³-hybridized carbons (Fsp3) is 0.600. The highest BCUT2D eigenvalue weighted by molar-refractivity contribution is 5.19. The van der Waals surface area contributed by atoms with Crippen LogP contribution in [0.25, 0.3) is 0 Å². The zero-order chi connectivity index (χ0) is 15.5. The fourth-order valence-corrected chi connectivity index (χ4v) is 2.68. The molecule has 1 aromatic rings. The average Bonchev–Trinajstić information content (AvgIpc) is 2.45. The Morgan fingerprint density at radius 3 is 2.24 bits per heavy atom. The van der Waals surface area contributed by atoms with Gasteiger partial charge in [-0.2, -0.15) is 13.2 Å². The van der Waals surface area contributed by atoms with Crippen LogP contribution in [0.3, 0.4) is 0 Å². The molecule has 6 heteroatoms. The van der Waals surface area contributed by atoms with E-state index in [1.165, 1.54) is 12.1 Å². The Kier molecular flexibility index (Phi) is 5.22. The zero-order valence-corrected chi connectivity index (χ0v) is 11.7. The van der Waals surface area contributed by atoms with E-state index in [-0.39, 0.29) is 24.7 Å². The standard InChI is InChI=1S/C15H20F4N2/c16-13-3-1-11(2-4-13)14(20)7-10-21-8-5-12(6-9-21)15(17,18)19/h1-4,12,14H,5-10,20H2. The van der Waals surface area contributed by atoms with Gasteiger partial charge in [0, 0.05) is 6.04 Å². The minimum atomic E-state index is -4.07. The first-order valence-corrected chi connectivity index (χ1v) is 7.16. The maximum absolute atomic E-state index is 12.8. The van der Waals surface area contributed by atoms with Crippen molar-refractivity contribution in [3.8, 4) is 0 Å². The molecule has 1 unspecified atom stereocenters. The summed E-state index contributed by atoms with van der Waals surface area (Å²) in [4.78, 5) is 2.02. The van der Waals surface area contributed by atoms with Gasteiger partial charge in [0.15, 0.2) is 0 Å². The van der Waals surface area contributed by atoms with Gasteiger partial charge in [-0.25, -0.2) is 4.39 Å². The average molecular weight is 304 g/mol.